The lowest BCUT2D eigenvalue weighted by atomic mass is 10.1. The normalized spacial score (nSPS) is 11.5. The van der Waals surface area contributed by atoms with E-state index < -0.39 is 29.2 Å². The minimum absolute atomic E-state index is 0.0285. The molecular formula is C20H12F4N4O2. The van der Waals surface area contributed by atoms with E-state index in [0.717, 1.165) is 30.5 Å². The van der Waals surface area contributed by atoms with Crippen LogP contribution in [-0.4, -0.2) is 20.7 Å². The summed E-state index contributed by atoms with van der Waals surface area (Å²) in [6, 6.07) is 10.6. The van der Waals surface area contributed by atoms with E-state index in [4.69, 9.17) is 4.42 Å². The lowest BCUT2D eigenvalue weighted by molar-refractivity contribution is -0.143. The van der Waals surface area contributed by atoms with Crippen LogP contribution in [0.1, 0.15) is 16.1 Å². The van der Waals surface area contributed by atoms with Crippen molar-refractivity contribution in [2.24, 2.45) is 0 Å². The van der Waals surface area contributed by atoms with Crippen LogP contribution >= 0.6 is 0 Å². The van der Waals surface area contributed by atoms with E-state index >= 15 is 0 Å². The van der Waals surface area contributed by atoms with Crippen LogP contribution in [-0.2, 0) is 6.18 Å². The smallest absolute Gasteiger partial charge is 0.434 e. The molecule has 0 fully saturated rings. The van der Waals surface area contributed by atoms with Gasteiger partial charge >= 0.3 is 6.18 Å². The molecule has 30 heavy (non-hydrogen) atoms. The minimum Gasteiger partial charge on any atom is -0.444 e. The number of oxazole rings is 1. The lowest BCUT2D eigenvalue weighted by Crippen LogP contribution is -2.20. The van der Waals surface area contributed by atoms with Crippen molar-refractivity contribution in [3.63, 3.8) is 0 Å². The highest BCUT2D eigenvalue weighted by Crippen LogP contribution is 2.34. The third-order valence-corrected chi connectivity index (χ3v) is 4.21. The van der Waals surface area contributed by atoms with Gasteiger partial charge in [0, 0.05) is 11.3 Å². The summed E-state index contributed by atoms with van der Waals surface area (Å²) in [5, 5.41) is 6.11. The molecule has 2 aromatic carbocycles. The molecule has 0 aliphatic heterocycles. The number of benzene rings is 2. The molecule has 2 aromatic heterocycles. The lowest BCUT2D eigenvalue weighted by Gasteiger charge is -2.13. The summed E-state index contributed by atoms with van der Waals surface area (Å²) in [5.41, 5.74) is -0.980. The van der Waals surface area contributed by atoms with Gasteiger partial charge in [-0.3, -0.25) is 4.79 Å². The molecule has 0 spiro atoms. The summed E-state index contributed by atoms with van der Waals surface area (Å²) < 4.78 is 59.9. The van der Waals surface area contributed by atoms with Gasteiger partial charge in [-0.1, -0.05) is 0 Å². The molecule has 0 saturated carbocycles. The summed E-state index contributed by atoms with van der Waals surface area (Å²) in [5.74, 6) is -1.08. The Morgan fingerprint density at radius 3 is 2.30 bits per heavy atom. The van der Waals surface area contributed by atoms with Gasteiger partial charge in [-0.2, -0.15) is 18.3 Å². The first-order valence-electron chi connectivity index (χ1n) is 8.54. The van der Waals surface area contributed by atoms with Gasteiger partial charge in [0.1, 0.15) is 5.82 Å². The van der Waals surface area contributed by atoms with Crippen LogP contribution in [0.2, 0.25) is 0 Å². The summed E-state index contributed by atoms with van der Waals surface area (Å²) in [6.07, 6.45) is -1.27. The van der Waals surface area contributed by atoms with Crippen molar-refractivity contribution >= 4 is 11.6 Å². The minimum atomic E-state index is -4.87. The van der Waals surface area contributed by atoms with Crippen molar-refractivity contribution in [2.75, 3.05) is 5.32 Å². The number of hydrogen-bond donors (Lipinski definition) is 1. The molecule has 0 bridgehead atoms. The molecule has 1 amide bonds. The third kappa shape index (κ3) is 3.79. The fourth-order valence-electron chi connectivity index (χ4n) is 2.84. The van der Waals surface area contributed by atoms with E-state index in [0.29, 0.717) is 16.0 Å². The Hall–Kier alpha value is -3.95. The highest BCUT2D eigenvalue weighted by Gasteiger charge is 2.40. The Morgan fingerprint density at radius 2 is 1.70 bits per heavy atom. The van der Waals surface area contributed by atoms with Gasteiger partial charge in [-0.15, -0.1) is 0 Å². The summed E-state index contributed by atoms with van der Waals surface area (Å²) in [7, 11) is 0. The van der Waals surface area contributed by atoms with Gasteiger partial charge in [0.25, 0.3) is 5.91 Å². The van der Waals surface area contributed by atoms with Crippen molar-refractivity contribution in [3.8, 4) is 17.0 Å². The van der Waals surface area contributed by atoms with Crippen LogP contribution in [0.3, 0.4) is 0 Å². The van der Waals surface area contributed by atoms with Crippen LogP contribution in [0.15, 0.2) is 71.7 Å². The molecule has 0 unspecified atom stereocenters. The van der Waals surface area contributed by atoms with Crippen molar-refractivity contribution in [2.45, 2.75) is 6.18 Å². The standard InChI is InChI=1S/C20H12F4N4O2/c21-13-3-7-15(8-4-13)28-18(20(22,23)24)16(9-26-28)19(29)27-14-5-1-12(2-6-14)17-10-25-11-30-17/h1-11H,(H,27,29). The van der Waals surface area contributed by atoms with Crippen molar-refractivity contribution in [3.05, 3.63) is 84.4 Å². The first kappa shape index (κ1) is 19.4. The van der Waals surface area contributed by atoms with Gasteiger partial charge in [0.05, 0.1) is 23.6 Å². The van der Waals surface area contributed by atoms with Crippen LogP contribution < -0.4 is 5.32 Å². The Labute approximate surface area is 166 Å². The van der Waals surface area contributed by atoms with E-state index in [1.54, 1.807) is 12.1 Å². The molecule has 0 saturated heterocycles. The molecule has 0 radical (unpaired) electrons. The number of hydrogen-bond acceptors (Lipinski definition) is 4. The highest BCUT2D eigenvalue weighted by molar-refractivity contribution is 6.05. The van der Waals surface area contributed by atoms with Gasteiger partial charge in [-0.05, 0) is 48.5 Å². The Kier molecular flexibility index (Phi) is 4.82. The number of anilines is 1. The Balaban J connectivity index is 1.63. The molecule has 10 heteroatoms. The molecule has 0 atom stereocenters. The van der Waals surface area contributed by atoms with Gasteiger partial charge in [0.15, 0.2) is 17.8 Å². The molecule has 4 aromatic rings. The van der Waals surface area contributed by atoms with Gasteiger partial charge in [0.2, 0.25) is 0 Å². The summed E-state index contributed by atoms with van der Waals surface area (Å²) in [6.45, 7) is 0. The molecule has 0 aliphatic carbocycles. The van der Waals surface area contributed by atoms with Crippen molar-refractivity contribution in [1.82, 2.24) is 14.8 Å². The maximum atomic E-state index is 13.7. The van der Waals surface area contributed by atoms with Gasteiger partial charge in [-0.25, -0.2) is 14.1 Å². The molecule has 152 valence electrons. The zero-order chi connectivity index (χ0) is 21.3. The Morgan fingerprint density at radius 1 is 1.00 bits per heavy atom. The molecule has 1 N–H and O–H groups in total. The second-order valence-corrected chi connectivity index (χ2v) is 6.19. The van der Waals surface area contributed by atoms with E-state index in [1.807, 2.05) is 0 Å². The number of halogens is 4. The first-order chi connectivity index (χ1) is 14.3. The summed E-state index contributed by atoms with van der Waals surface area (Å²) in [4.78, 5) is 16.3. The number of nitrogens with one attached hydrogen (secondary N) is 1. The average molecular weight is 416 g/mol. The zero-order valence-electron chi connectivity index (χ0n) is 15.0. The first-order valence-corrected chi connectivity index (χ1v) is 8.54. The number of carbonyl (C=O) groups is 1. The molecule has 2 heterocycles. The second kappa shape index (κ2) is 7.47. The number of carbonyl (C=O) groups excluding carboxylic acids is 1. The number of rotatable bonds is 4. The fourth-order valence-corrected chi connectivity index (χ4v) is 2.84. The predicted octanol–water partition coefficient (Wildman–Crippen LogP) is 4.94. The summed E-state index contributed by atoms with van der Waals surface area (Å²) >= 11 is 0. The average Bonchev–Trinajstić information content (AvgIpc) is 3.39. The quantitative estimate of drug-likeness (QED) is 0.479. The largest absolute Gasteiger partial charge is 0.444 e. The molecule has 4 rings (SSSR count). The number of alkyl halides is 3. The maximum absolute atomic E-state index is 13.7. The van der Waals surface area contributed by atoms with Gasteiger partial charge < -0.3 is 9.73 Å². The monoisotopic (exact) mass is 416 g/mol. The third-order valence-electron chi connectivity index (χ3n) is 4.21. The second-order valence-electron chi connectivity index (χ2n) is 6.19. The SMILES string of the molecule is O=C(Nc1ccc(-c2cnco2)cc1)c1cnn(-c2ccc(F)cc2)c1C(F)(F)F. The van der Waals surface area contributed by atoms with Crippen LogP contribution in [0.25, 0.3) is 17.0 Å². The highest BCUT2D eigenvalue weighted by atomic mass is 19.4. The van der Waals surface area contributed by atoms with E-state index in [-0.39, 0.29) is 11.4 Å². The maximum Gasteiger partial charge on any atom is 0.434 e. The van der Waals surface area contributed by atoms with E-state index in [9.17, 15) is 22.4 Å². The van der Waals surface area contributed by atoms with Crippen LogP contribution in [0.4, 0.5) is 23.2 Å². The number of nitrogens with zero attached hydrogens (tertiary/aromatic N) is 3. The van der Waals surface area contributed by atoms with Crippen molar-refractivity contribution < 1.29 is 26.8 Å². The number of aromatic nitrogens is 3. The molecule has 6 nitrogen and oxygen atoms in total. The fraction of sp³-hybridized carbons (Fsp3) is 0.0500. The zero-order valence-corrected chi connectivity index (χ0v) is 15.0. The predicted molar refractivity (Wildman–Crippen MR) is 98.4 cm³/mol. The Bertz CT molecular complexity index is 1170. The molecular weight excluding hydrogens is 404 g/mol. The van der Waals surface area contributed by atoms with E-state index in [2.05, 4.69) is 15.4 Å². The van der Waals surface area contributed by atoms with Crippen molar-refractivity contribution in [1.29, 1.82) is 0 Å². The number of amides is 1. The van der Waals surface area contributed by atoms with E-state index in [1.165, 1.54) is 24.7 Å². The topological polar surface area (TPSA) is 73.0 Å². The molecule has 0 aliphatic rings. The van der Waals surface area contributed by atoms with Crippen LogP contribution in [0.5, 0.6) is 0 Å². The van der Waals surface area contributed by atoms with Crippen LogP contribution in [0, 0.1) is 5.82 Å².